The summed E-state index contributed by atoms with van der Waals surface area (Å²) in [6.45, 7) is 0. The molecule has 2 aromatic rings. The quantitative estimate of drug-likeness (QED) is 0.532. The summed E-state index contributed by atoms with van der Waals surface area (Å²) in [5.74, 6) is -0.308. The lowest BCUT2D eigenvalue weighted by molar-refractivity contribution is -0.384. The van der Waals surface area contributed by atoms with Crippen LogP contribution in [0.5, 0.6) is 5.75 Å². The van der Waals surface area contributed by atoms with Crippen LogP contribution in [0.2, 0.25) is 5.15 Å². The number of nitro benzene ring substituents is 1. The van der Waals surface area contributed by atoms with Gasteiger partial charge in [0, 0.05) is 12.3 Å². The predicted octanol–water partition coefficient (Wildman–Crippen LogP) is 2.90. The Kier molecular flexibility index (Phi) is 4.34. The first-order chi connectivity index (χ1) is 10.0. The number of carbonyl (C=O) groups is 1. The Hall–Kier alpha value is -2.67. The first kappa shape index (κ1) is 14.7. The van der Waals surface area contributed by atoms with E-state index in [-0.39, 0.29) is 22.2 Å². The third-order valence-electron chi connectivity index (χ3n) is 2.65. The number of non-ortho nitro benzene ring substituents is 1. The zero-order chi connectivity index (χ0) is 15.4. The minimum atomic E-state index is -0.549. The standard InChI is InChI=1S/C13H10ClN3O4/c1-21-11-7-8(17(19)20)4-5-10(11)16-13(18)9-3-2-6-15-12(9)14/h2-7H,1H3,(H,16,18). The molecular weight excluding hydrogens is 298 g/mol. The third-order valence-corrected chi connectivity index (χ3v) is 2.95. The van der Waals surface area contributed by atoms with E-state index in [1.165, 1.54) is 37.6 Å². The van der Waals surface area contributed by atoms with Gasteiger partial charge in [-0.15, -0.1) is 0 Å². The van der Waals surface area contributed by atoms with Crippen LogP contribution in [-0.4, -0.2) is 22.9 Å². The fourth-order valence-electron chi connectivity index (χ4n) is 1.64. The van der Waals surface area contributed by atoms with Gasteiger partial charge < -0.3 is 10.1 Å². The summed E-state index contributed by atoms with van der Waals surface area (Å²) in [7, 11) is 1.35. The second-order valence-electron chi connectivity index (χ2n) is 3.94. The Morgan fingerprint density at radius 3 is 2.81 bits per heavy atom. The molecule has 1 N–H and O–H groups in total. The van der Waals surface area contributed by atoms with Gasteiger partial charge in [0.15, 0.2) is 0 Å². The summed E-state index contributed by atoms with van der Waals surface area (Å²) in [6, 6.07) is 6.97. The van der Waals surface area contributed by atoms with E-state index < -0.39 is 10.8 Å². The maximum absolute atomic E-state index is 12.1. The van der Waals surface area contributed by atoms with Gasteiger partial charge in [0.05, 0.1) is 29.4 Å². The lowest BCUT2D eigenvalue weighted by atomic mass is 10.2. The van der Waals surface area contributed by atoms with Crippen LogP contribution in [0.1, 0.15) is 10.4 Å². The van der Waals surface area contributed by atoms with E-state index in [1.807, 2.05) is 0 Å². The second kappa shape index (κ2) is 6.19. The number of pyridine rings is 1. The number of nitro groups is 1. The van der Waals surface area contributed by atoms with Crippen molar-refractivity contribution in [3.8, 4) is 5.75 Å². The molecule has 1 aromatic heterocycles. The number of benzene rings is 1. The minimum Gasteiger partial charge on any atom is -0.494 e. The molecular formula is C13H10ClN3O4. The largest absolute Gasteiger partial charge is 0.494 e. The summed E-state index contributed by atoms with van der Waals surface area (Å²) >= 11 is 5.83. The minimum absolute atomic E-state index is 0.0656. The molecule has 0 aliphatic rings. The number of halogens is 1. The smallest absolute Gasteiger partial charge is 0.273 e. The van der Waals surface area contributed by atoms with Crippen LogP contribution in [0.3, 0.4) is 0 Å². The number of hydrogen-bond donors (Lipinski definition) is 1. The van der Waals surface area contributed by atoms with Gasteiger partial charge in [-0.1, -0.05) is 11.6 Å². The van der Waals surface area contributed by atoms with Crippen LogP contribution >= 0.6 is 11.6 Å². The fraction of sp³-hybridized carbons (Fsp3) is 0.0769. The van der Waals surface area contributed by atoms with Crippen molar-refractivity contribution in [1.82, 2.24) is 4.98 Å². The SMILES string of the molecule is COc1cc([N+](=O)[O-])ccc1NC(=O)c1cccnc1Cl. The molecule has 7 nitrogen and oxygen atoms in total. The normalized spacial score (nSPS) is 10.0. The molecule has 0 atom stereocenters. The van der Waals surface area contributed by atoms with Crippen molar-refractivity contribution in [2.45, 2.75) is 0 Å². The van der Waals surface area contributed by atoms with Crippen LogP contribution in [0, 0.1) is 10.1 Å². The summed E-state index contributed by atoms with van der Waals surface area (Å²) in [6.07, 6.45) is 1.46. The lowest BCUT2D eigenvalue weighted by Crippen LogP contribution is -2.13. The number of carbonyl (C=O) groups excluding carboxylic acids is 1. The Morgan fingerprint density at radius 2 is 2.19 bits per heavy atom. The van der Waals surface area contributed by atoms with Crippen LogP contribution < -0.4 is 10.1 Å². The number of aromatic nitrogens is 1. The van der Waals surface area contributed by atoms with Gasteiger partial charge in [-0.3, -0.25) is 14.9 Å². The average Bonchev–Trinajstić information content (AvgIpc) is 2.47. The molecule has 0 unspecified atom stereocenters. The molecule has 2 rings (SSSR count). The van der Waals surface area contributed by atoms with Gasteiger partial charge in [0.25, 0.3) is 11.6 Å². The third kappa shape index (κ3) is 3.26. The summed E-state index contributed by atoms with van der Waals surface area (Å²) in [5, 5.41) is 13.3. The number of anilines is 1. The molecule has 0 radical (unpaired) electrons. The maximum Gasteiger partial charge on any atom is 0.273 e. The topological polar surface area (TPSA) is 94.4 Å². The molecule has 0 aliphatic heterocycles. The Bertz CT molecular complexity index is 706. The lowest BCUT2D eigenvalue weighted by Gasteiger charge is -2.10. The van der Waals surface area contributed by atoms with Gasteiger partial charge in [-0.2, -0.15) is 0 Å². The zero-order valence-electron chi connectivity index (χ0n) is 10.9. The van der Waals surface area contributed by atoms with Gasteiger partial charge in [0.2, 0.25) is 0 Å². The van der Waals surface area contributed by atoms with Gasteiger partial charge in [0.1, 0.15) is 10.9 Å². The number of hydrogen-bond acceptors (Lipinski definition) is 5. The van der Waals surface area contributed by atoms with Gasteiger partial charge in [-0.05, 0) is 18.2 Å². The average molecular weight is 308 g/mol. The van der Waals surface area contributed by atoms with Crippen molar-refractivity contribution in [2.24, 2.45) is 0 Å². The van der Waals surface area contributed by atoms with Gasteiger partial charge >= 0.3 is 0 Å². The molecule has 0 saturated carbocycles. The Morgan fingerprint density at radius 1 is 1.43 bits per heavy atom. The molecule has 1 heterocycles. The Labute approximate surface area is 124 Å². The van der Waals surface area contributed by atoms with Crippen LogP contribution in [0.4, 0.5) is 11.4 Å². The number of rotatable bonds is 4. The first-order valence-corrected chi connectivity index (χ1v) is 6.15. The molecule has 8 heteroatoms. The first-order valence-electron chi connectivity index (χ1n) is 5.77. The number of methoxy groups -OCH3 is 1. The van der Waals surface area contributed by atoms with Gasteiger partial charge in [-0.25, -0.2) is 4.98 Å². The monoisotopic (exact) mass is 307 g/mol. The van der Waals surface area contributed by atoms with Crippen LogP contribution in [0.15, 0.2) is 36.5 Å². The van der Waals surface area contributed by atoms with E-state index >= 15 is 0 Å². The van der Waals surface area contributed by atoms with E-state index in [4.69, 9.17) is 16.3 Å². The Balaban J connectivity index is 2.29. The summed E-state index contributed by atoms with van der Waals surface area (Å²) < 4.78 is 5.04. The van der Waals surface area contributed by atoms with Crippen molar-refractivity contribution in [3.05, 3.63) is 57.4 Å². The van der Waals surface area contributed by atoms with E-state index in [9.17, 15) is 14.9 Å². The highest BCUT2D eigenvalue weighted by atomic mass is 35.5. The number of amides is 1. The molecule has 0 saturated heterocycles. The van der Waals surface area contributed by atoms with E-state index in [2.05, 4.69) is 10.3 Å². The number of nitrogens with zero attached hydrogens (tertiary/aromatic N) is 2. The number of nitrogens with one attached hydrogen (secondary N) is 1. The van der Waals surface area contributed by atoms with E-state index in [1.54, 1.807) is 6.07 Å². The predicted molar refractivity (Wildman–Crippen MR) is 76.8 cm³/mol. The van der Waals surface area contributed by atoms with Crippen molar-refractivity contribution in [3.63, 3.8) is 0 Å². The van der Waals surface area contributed by atoms with Crippen molar-refractivity contribution in [1.29, 1.82) is 0 Å². The molecule has 0 spiro atoms. The number of ether oxygens (including phenoxy) is 1. The molecule has 108 valence electrons. The maximum atomic E-state index is 12.1. The highest BCUT2D eigenvalue weighted by Crippen LogP contribution is 2.29. The highest BCUT2D eigenvalue weighted by molar-refractivity contribution is 6.33. The van der Waals surface area contributed by atoms with Crippen molar-refractivity contribution in [2.75, 3.05) is 12.4 Å². The van der Waals surface area contributed by atoms with Crippen molar-refractivity contribution >= 4 is 28.9 Å². The molecule has 1 aromatic carbocycles. The summed E-state index contributed by atoms with van der Waals surface area (Å²) in [4.78, 5) is 26.1. The van der Waals surface area contributed by atoms with Crippen molar-refractivity contribution < 1.29 is 14.5 Å². The van der Waals surface area contributed by atoms with E-state index in [0.717, 1.165) is 0 Å². The molecule has 21 heavy (non-hydrogen) atoms. The zero-order valence-corrected chi connectivity index (χ0v) is 11.6. The molecule has 0 bridgehead atoms. The molecule has 1 amide bonds. The summed E-state index contributed by atoms with van der Waals surface area (Å²) in [5.41, 5.74) is 0.358. The van der Waals surface area contributed by atoms with Crippen LogP contribution in [-0.2, 0) is 0 Å². The fourth-order valence-corrected chi connectivity index (χ4v) is 1.85. The second-order valence-corrected chi connectivity index (χ2v) is 4.30. The molecule has 0 fully saturated rings. The van der Waals surface area contributed by atoms with E-state index in [0.29, 0.717) is 5.69 Å². The van der Waals surface area contributed by atoms with Crippen LogP contribution in [0.25, 0.3) is 0 Å². The highest BCUT2D eigenvalue weighted by Gasteiger charge is 2.16. The molecule has 0 aliphatic carbocycles.